The van der Waals surface area contributed by atoms with Gasteiger partial charge in [0.2, 0.25) is 0 Å². The quantitative estimate of drug-likeness (QED) is 0.545. The molecule has 0 radical (unpaired) electrons. The first-order chi connectivity index (χ1) is 11.8. The van der Waals surface area contributed by atoms with E-state index >= 15 is 0 Å². The summed E-state index contributed by atoms with van der Waals surface area (Å²) in [6.45, 7) is 1.55. The summed E-state index contributed by atoms with van der Waals surface area (Å²) >= 11 is 9.25. The number of aliphatic imine (C=N–C) groups is 1. The van der Waals surface area contributed by atoms with E-state index in [-0.39, 0.29) is 18.9 Å². The number of carbonyl (C=O) groups excluding carboxylic acids is 3. The third kappa shape index (κ3) is 3.23. The second kappa shape index (κ2) is 6.68. The number of imide groups is 1. The van der Waals surface area contributed by atoms with Crippen LogP contribution in [0.3, 0.4) is 0 Å². The second-order valence-corrected chi connectivity index (χ2v) is 7.01. The number of Topliss-reactive ketones (excluding diaryl/α,β-unsaturated/α-hetero) is 1. The molecule has 3 rings (SSSR count). The Morgan fingerprint density at radius 3 is 2.76 bits per heavy atom. The number of benzene rings is 1. The van der Waals surface area contributed by atoms with Gasteiger partial charge in [-0.15, -0.1) is 0 Å². The summed E-state index contributed by atoms with van der Waals surface area (Å²) in [6.07, 6.45) is 0. The van der Waals surface area contributed by atoms with E-state index in [1.54, 1.807) is 35.9 Å². The zero-order chi connectivity index (χ0) is 18.3. The first-order valence-corrected chi connectivity index (χ1v) is 8.67. The molecular formula is C16H15BrClN4O3+. The number of rotatable bonds is 4. The number of likely N-dealkylation sites (N-methyl/N-ethyl adjacent to an activating group) is 1. The number of fused-ring (bicyclic) bond motifs is 1. The summed E-state index contributed by atoms with van der Waals surface area (Å²) in [4.78, 5) is 43.8. The summed E-state index contributed by atoms with van der Waals surface area (Å²) in [5, 5.41) is 0.528. The molecule has 3 amide bonds. The van der Waals surface area contributed by atoms with Gasteiger partial charge in [-0.1, -0.05) is 23.7 Å². The molecule has 2 aliphatic rings. The van der Waals surface area contributed by atoms with Crippen LogP contribution in [0.2, 0.25) is 5.02 Å². The van der Waals surface area contributed by atoms with Crippen LogP contribution in [0.1, 0.15) is 12.5 Å². The number of amidine groups is 2. The maximum Gasteiger partial charge on any atom is 0.365 e. The van der Waals surface area contributed by atoms with Crippen LogP contribution in [-0.4, -0.2) is 62.3 Å². The highest BCUT2D eigenvalue weighted by atomic mass is 79.9. The van der Waals surface area contributed by atoms with Gasteiger partial charge in [-0.25, -0.2) is 9.37 Å². The minimum Gasteiger partial charge on any atom is -0.296 e. The van der Waals surface area contributed by atoms with E-state index in [0.29, 0.717) is 15.6 Å². The molecule has 1 aromatic rings. The highest BCUT2D eigenvalue weighted by Crippen LogP contribution is 2.23. The summed E-state index contributed by atoms with van der Waals surface area (Å²) in [6, 6.07) is 5.70. The van der Waals surface area contributed by atoms with Gasteiger partial charge in [0.1, 0.15) is 6.54 Å². The molecule has 2 aliphatic heterocycles. The molecule has 0 aromatic heterocycles. The van der Waals surface area contributed by atoms with Gasteiger partial charge in [-0.2, -0.15) is 0 Å². The van der Waals surface area contributed by atoms with E-state index in [0.717, 1.165) is 10.5 Å². The summed E-state index contributed by atoms with van der Waals surface area (Å²) in [5.74, 6) is -0.217. The summed E-state index contributed by atoms with van der Waals surface area (Å²) < 4.78 is 1.91. The lowest BCUT2D eigenvalue weighted by atomic mass is 10.1. The second-order valence-electron chi connectivity index (χ2n) is 5.87. The van der Waals surface area contributed by atoms with Crippen molar-refractivity contribution >= 4 is 55.8 Å². The standard InChI is InChI=1S/C16H15BrClN4O3/c1-9(23)7-21-12-13(19-15(21)17)20(2)16(25)22(14(12)24)8-10-4-3-5-11(18)6-10/h3-6,12H,7-8H2,1-2H3/q+1. The minimum absolute atomic E-state index is 0.0248. The van der Waals surface area contributed by atoms with Crippen molar-refractivity contribution in [2.45, 2.75) is 19.5 Å². The number of urea groups is 1. The Balaban J connectivity index is 1.94. The molecule has 0 saturated carbocycles. The van der Waals surface area contributed by atoms with Crippen LogP contribution in [0.15, 0.2) is 29.3 Å². The molecule has 0 spiro atoms. The monoisotopic (exact) mass is 425 g/mol. The molecule has 1 saturated heterocycles. The fourth-order valence-electron chi connectivity index (χ4n) is 2.85. The van der Waals surface area contributed by atoms with Crippen LogP contribution in [0.5, 0.6) is 0 Å². The number of hydrogen-bond acceptors (Lipinski definition) is 4. The van der Waals surface area contributed by atoms with Gasteiger partial charge in [0.25, 0.3) is 17.8 Å². The lowest BCUT2D eigenvalue weighted by Crippen LogP contribution is -2.62. The highest BCUT2D eigenvalue weighted by Gasteiger charge is 2.53. The minimum atomic E-state index is -0.805. The Hall–Kier alpha value is -2.06. The lowest BCUT2D eigenvalue weighted by Gasteiger charge is -2.33. The van der Waals surface area contributed by atoms with E-state index in [4.69, 9.17) is 11.6 Å². The van der Waals surface area contributed by atoms with Gasteiger partial charge < -0.3 is 0 Å². The molecule has 0 bridgehead atoms. The van der Waals surface area contributed by atoms with Gasteiger partial charge in [0.05, 0.1) is 22.5 Å². The fourth-order valence-corrected chi connectivity index (χ4v) is 3.57. The zero-order valence-electron chi connectivity index (χ0n) is 13.6. The molecule has 1 unspecified atom stereocenters. The van der Waals surface area contributed by atoms with Crippen LogP contribution in [0.25, 0.3) is 0 Å². The van der Waals surface area contributed by atoms with Crippen molar-refractivity contribution in [2.75, 3.05) is 13.6 Å². The first-order valence-electron chi connectivity index (χ1n) is 7.50. The Kier molecular flexibility index (Phi) is 4.75. The molecule has 2 heterocycles. The predicted octanol–water partition coefficient (Wildman–Crippen LogP) is 1.87. The number of nitrogens with zero attached hydrogens (tertiary/aromatic N) is 4. The van der Waals surface area contributed by atoms with Gasteiger partial charge in [0.15, 0.2) is 5.78 Å². The Morgan fingerprint density at radius 2 is 2.12 bits per heavy atom. The number of carbonyl (C=O) groups is 3. The number of ketones is 1. The fraction of sp³-hybridized carbons (Fsp3) is 0.312. The normalized spacial score (nSPS) is 20.2. The molecule has 130 valence electrons. The number of amides is 3. The van der Waals surface area contributed by atoms with Gasteiger partial charge in [-0.3, -0.25) is 19.4 Å². The van der Waals surface area contributed by atoms with E-state index in [1.807, 2.05) is 0 Å². The average molecular weight is 427 g/mol. The van der Waals surface area contributed by atoms with Crippen LogP contribution in [0, 0.1) is 0 Å². The van der Waals surface area contributed by atoms with Crippen molar-refractivity contribution in [3.8, 4) is 0 Å². The Labute approximate surface area is 157 Å². The number of hydrogen-bond donors (Lipinski definition) is 0. The average Bonchev–Trinajstić information content (AvgIpc) is 2.86. The third-order valence-corrected chi connectivity index (χ3v) is 4.85. The SMILES string of the molecule is CC(=O)C[N+]1=C(Br)N=C2C1C(=O)N(Cc1cccc(Cl)c1)C(=O)N2C. The molecule has 0 aliphatic carbocycles. The third-order valence-electron chi connectivity index (χ3n) is 3.98. The van der Waals surface area contributed by atoms with E-state index in [2.05, 4.69) is 20.9 Å². The van der Waals surface area contributed by atoms with Crippen molar-refractivity contribution in [3.63, 3.8) is 0 Å². The molecular weight excluding hydrogens is 412 g/mol. The molecule has 1 aromatic carbocycles. The van der Waals surface area contributed by atoms with Crippen LogP contribution in [0.4, 0.5) is 4.79 Å². The highest BCUT2D eigenvalue weighted by molar-refractivity contribution is 9.18. The largest absolute Gasteiger partial charge is 0.365 e. The van der Waals surface area contributed by atoms with Crippen LogP contribution < -0.4 is 0 Å². The van der Waals surface area contributed by atoms with E-state index in [9.17, 15) is 14.4 Å². The zero-order valence-corrected chi connectivity index (χ0v) is 15.9. The Bertz CT molecular complexity index is 852. The van der Waals surface area contributed by atoms with Crippen molar-refractivity contribution < 1.29 is 19.0 Å². The smallest absolute Gasteiger partial charge is 0.296 e. The van der Waals surface area contributed by atoms with E-state index < -0.39 is 18.0 Å². The molecule has 9 heteroatoms. The maximum atomic E-state index is 13.0. The number of halogens is 2. The van der Waals surface area contributed by atoms with Gasteiger partial charge in [0, 0.05) is 12.1 Å². The summed E-state index contributed by atoms with van der Waals surface area (Å²) in [7, 11) is 1.56. The molecule has 7 nitrogen and oxygen atoms in total. The van der Waals surface area contributed by atoms with Crippen molar-refractivity contribution in [2.24, 2.45) is 4.99 Å². The van der Waals surface area contributed by atoms with E-state index in [1.165, 1.54) is 11.8 Å². The van der Waals surface area contributed by atoms with Gasteiger partial charge >= 0.3 is 10.8 Å². The van der Waals surface area contributed by atoms with Gasteiger partial charge in [-0.05, 0) is 29.6 Å². The van der Waals surface area contributed by atoms with Crippen LogP contribution in [-0.2, 0) is 16.1 Å². The Morgan fingerprint density at radius 1 is 1.40 bits per heavy atom. The van der Waals surface area contributed by atoms with Crippen LogP contribution >= 0.6 is 27.5 Å². The predicted molar refractivity (Wildman–Crippen MR) is 96.1 cm³/mol. The summed E-state index contributed by atoms with van der Waals surface area (Å²) in [5.41, 5.74) is 0.738. The topological polar surface area (TPSA) is 73.1 Å². The molecule has 1 fully saturated rings. The molecule has 25 heavy (non-hydrogen) atoms. The van der Waals surface area contributed by atoms with Crippen molar-refractivity contribution in [3.05, 3.63) is 34.9 Å². The lowest BCUT2D eigenvalue weighted by molar-refractivity contribution is -0.521. The van der Waals surface area contributed by atoms with Crippen molar-refractivity contribution in [1.29, 1.82) is 0 Å². The molecule has 0 N–H and O–H groups in total. The van der Waals surface area contributed by atoms with Crippen molar-refractivity contribution in [1.82, 2.24) is 9.80 Å². The first kappa shape index (κ1) is 17.8. The maximum absolute atomic E-state index is 13.0. The molecule has 1 atom stereocenters.